The molecule has 8 nitrogen and oxygen atoms in total. The molecule has 0 bridgehead atoms. The quantitative estimate of drug-likeness (QED) is 0.120. The van der Waals surface area contributed by atoms with Gasteiger partial charge in [0.1, 0.15) is 18.0 Å². The summed E-state index contributed by atoms with van der Waals surface area (Å²) in [6, 6.07) is 29.4. The van der Waals surface area contributed by atoms with Crippen LogP contribution in [0, 0.1) is 5.41 Å². The number of aliphatic carboxylic acids is 1. The Morgan fingerprint density at radius 2 is 1.55 bits per heavy atom. The van der Waals surface area contributed by atoms with E-state index >= 15 is 0 Å². The van der Waals surface area contributed by atoms with Crippen molar-refractivity contribution in [2.45, 2.75) is 62.8 Å². The summed E-state index contributed by atoms with van der Waals surface area (Å²) in [5, 5.41) is 24.3. The average molecular weight is 722 g/mol. The lowest BCUT2D eigenvalue weighted by molar-refractivity contribution is -0.141. The van der Waals surface area contributed by atoms with Crippen LogP contribution < -0.4 is 15.0 Å². The summed E-state index contributed by atoms with van der Waals surface area (Å²) in [6.07, 6.45) is 0.797. The maximum absolute atomic E-state index is 14.3. The Kier molecular flexibility index (Phi) is 11.1. The smallest absolute Gasteiger partial charge is 0.325 e. The lowest BCUT2D eigenvalue weighted by Crippen LogP contribution is -2.42. The molecule has 0 amide bonds. The monoisotopic (exact) mass is 720 g/mol. The highest BCUT2D eigenvalue weighted by Crippen LogP contribution is 2.47. The van der Waals surface area contributed by atoms with Gasteiger partial charge in [-0.15, -0.1) is 0 Å². The molecule has 3 unspecified atom stereocenters. The van der Waals surface area contributed by atoms with E-state index in [1.165, 1.54) is 6.07 Å². The standard InChI is InChI=1S/C37H41BrN2O6S/c1-3-5-21-37(4-2)24-40(28-19-13-8-14-20-28)30-22-29(38)31(23-32(30)47(44,45)25-37)46-34(27-17-11-7-12-18-27)35(41)39-33(36(42)43)26-15-9-6-10-16-26/h6-20,22-23,33-35,39,41H,3-5,21,24-25H2,1-2H3,(H,42,43)/t33-,34?,35?,37?/m1/s1. The topological polar surface area (TPSA) is 116 Å². The van der Waals surface area contributed by atoms with Crippen LogP contribution in [-0.4, -0.2) is 43.1 Å². The maximum Gasteiger partial charge on any atom is 0.325 e. The molecule has 4 aromatic rings. The number of carboxylic acids is 1. The van der Waals surface area contributed by atoms with Crippen LogP contribution in [0.1, 0.15) is 62.8 Å². The van der Waals surface area contributed by atoms with Gasteiger partial charge in [-0.3, -0.25) is 10.1 Å². The molecular weight excluding hydrogens is 680 g/mol. The number of anilines is 2. The average Bonchev–Trinajstić information content (AvgIpc) is 3.17. The van der Waals surface area contributed by atoms with Gasteiger partial charge in [0.2, 0.25) is 0 Å². The number of para-hydroxylation sites is 1. The van der Waals surface area contributed by atoms with Crippen LogP contribution >= 0.6 is 15.9 Å². The van der Waals surface area contributed by atoms with Gasteiger partial charge in [-0.25, -0.2) is 8.42 Å². The van der Waals surface area contributed by atoms with Crippen molar-refractivity contribution >= 4 is 43.1 Å². The lowest BCUT2D eigenvalue weighted by atomic mass is 9.81. The normalized spacial score (nSPS) is 19.2. The molecule has 4 atom stereocenters. The molecule has 0 aromatic heterocycles. The maximum atomic E-state index is 14.3. The number of sulfone groups is 1. The fourth-order valence-corrected chi connectivity index (χ4v) is 8.86. The van der Waals surface area contributed by atoms with Crippen LogP contribution in [0.3, 0.4) is 0 Å². The van der Waals surface area contributed by atoms with E-state index in [4.69, 9.17) is 4.74 Å². The predicted molar refractivity (Wildman–Crippen MR) is 188 cm³/mol. The molecule has 0 aliphatic carbocycles. The van der Waals surface area contributed by atoms with E-state index in [1.807, 2.05) is 36.4 Å². The number of aliphatic hydroxyl groups is 1. The van der Waals surface area contributed by atoms with Crippen molar-refractivity contribution in [2.75, 3.05) is 17.2 Å². The Balaban J connectivity index is 1.58. The van der Waals surface area contributed by atoms with Crippen LogP contribution in [0.4, 0.5) is 11.4 Å². The fraction of sp³-hybridized carbons (Fsp3) is 0.324. The molecule has 3 N–H and O–H groups in total. The van der Waals surface area contributed by atoms with Gasteiger partial charge in [-0.2, -0.15) is 0 Å². The van der Waals surface area contributed by atoms with Crippen molar-refractivity contribution < 1.29 is 28.2 Å². The summed E-state index contributed by atoms with van der Waals surface area (Å²) >= 11 is 3.64. The number of nitrogens with one attached hydrogen (secondary N) is 1. The predicted octanol–water partition coefficient (Wildman–Crippen LogP) is 7.82. The Hall–Kier alpha value is -3.70. The van der Waals surface area contributed by atoms with Gasteiger partial charge in [0.25, 0.3) is 0 Å². The number of halogens is 1. The summed E-state index contributed by atoms with van der Waals surface area (Å²) in [5.74, 6) is -0.959. The number of hydrogen-bond acceptors (Lipinski definition) is 7. The molecule has 0 saturated heterocycles. The third-order valence-corrected chi connectivity index (χ3v) is 11.5. The van der Waals surface area contributed by atoms with Gasteiger partial charge in [-0.1, -0.05) is 106 Å². The molecule has 0 saturated carbocycles. The fourth-order valence-electron chi connectivity index (χ4n) is 6.26. The first kappa shape index (κ1) is 34.6. The van der Waals surface area contributed by atoms with Gasteiger partial charge in [-0.05, 0) is 58.1 Å². The number of aliphatic hydroxyl groups excluding tert-OH is 1. The highest BCUT2D eigenvalue weighted by atomic mass is 79.9. The van der Waals surface area contributed by atoms with Crippen molar-refractivity contribution in [1.82, 2.24) is 5.32 Å². The summed E-state index contributed by atoms with van der Waals surface area (Å²) in [7, 11) is -3.79. The number of fused-ring (bicyclic) bond motifs is 1. The SMILES string of the molecule is CCCCC1(CC)CN(c2ccccc2)c2cc(Br)c(OC(c3ccccc3)C(O)N[C@@H](C(=O)O)c3ccccc3)cc2S(=O)(=O)C1. The van der Waals surface area contributed by atoms with Crippen LogP contribution in [0.15, 0.2) is 112 Å². The van der Waals surface area contributed by atoms with Crippen molar-refractivity contribution in [3.63, 3.8) is 0 Å². The number of hydrogen-bond donors (Lipinski definition) is 3. The molecule has 0 radical (unpaired) electrons. The van der Waals surface area contributed by atoms with Crippen molar-refractivity contribution in [3.8, 4) is 5.75 Å². The second kappa shape index (κ2) is 15.0. The minimum atomic E-state index is -3.79. The van der Waals surface area contributed by atoms with E-state index in [-0.39, 0.29) is 16.4 Å². The Morgan fingerprint density at radius 1 is 0.957 bits per heavy atom. The zero-order chi connectivity index (χ0) is 33.6. The van der Waals surface area contributed by atoms with Crippen molar-refractivity contribution in [3.05, 3.63) is 119 Å². The molecule has 10 heteroatoms. The number of unbranched alkanes of at least 4 members (excludes halogenated alkanes) is 1. The summed E-state index contributed by atoms with van der Waals surface area (Å²) in [5.41, 5.74) is 2.01. The summed E-state index contributed by atoms with van der Waals surface area (Å²) in [4.78, 5) is 14.5. The molecule has 1 aliphatic heterocycles. The molecule has 0 fully saturated rings. The molecular formula is C37H41BrN2O6S. The Morgan fingerprint density at radius 3 is 2.13 bits per heavy atom. The third-order valence-electron chi connectivity index (χ3n) is 8.89. The van der Waals surface area contributed by atoms with Gasteiger partial charge in [0.05, 0.1) is 20.8 Å². The van der Waals surface area contributed by atoms with Crippen LogP contribution in [0.2, 0.25) is 0 Å². The van der Waals surface area contributed by atoms with Gasteiger partial charge in [0, 0.05) is 23.7 Å². The second-order valence-corrected chi connectivity index (χ2v) is 14.9. The Labute approximate surface area is 285 Å². The molecule has 4 aromatic carbocycles. The van der Waals surface area contributed by atoms with Crippen LogP contribution in [0.25, 0.3) is 0 Å². The first-order valence-corrected chi connectivity index (χ1v) is 18.3. The van der Waals surface area contributed by atoms with E-state index in [2.05, 4.69) is 40.0 Å². The molecule has 47 heavy (non-hydrogen) atoms. The largest absolute Gasteiger partial charge is 0.480 e. The van der Waals surface area contributed by atoms with Crippen molar-refractivity contribution in [1.29, 1.82) is 0 Å². The number of carbonyl (C=O) groups is 1. The van der Waals surface area contributed by atoms with Gasteiger partial charge >= 0.3 is 5.97 Å². The third kappa shape index (κ3) is 7.89. The number of nitrogens with zero attached hydrogens (tertiary/aromatic N) is 1. The summed E-state index contributed by atoms with van der Waals surface area (Å²) < 4.78 is 35.6. The molecule has 1 heterocycles. The first-order valence-electron chi connectivity index (χ1n) is 15.9. The number of ether oxygens (including phenoxy) is 1. The highest BCUT2D eigenvalue weighted by molar-refractivity contribution is 9.10. The van der Waals surface area contributed by atoms with E-state index in [0.29, 0.717) is 34.3 Å². The zero-order valence-corrected chi connectivity index (χ0v) is 29.0. The van der Waals surface area contributed by atoms with E-state index in [0.717, 1.165) is 24.9 Å². The minimum Gasteiger partial charge on any atom is -0.480 e. The Bertz CT molecular complexity index is 1760. The molecule has 248 valence electrons. The van der Waals surface area contributed by atoms with Crippen LogP contribution in [0.5, 0.6) is 5.75 Å². The molecule has 0 spiro atoms. The van der Waals surface area contributed by atoms with E-state index < -0.39 is 39.6 Å². The number of carboxylic acid groups (broad SMARTS) is 1. The summed E-state index contributed by atoms with van der Waals surface area (Å²) in [6.45, 7) is 4.72. The molecule has 1 aliphatic rings. The minimum absolute atomic E-state index is 0.00241. The highest BCUT2D eigenvalue weighted by Gasteiger charge is 2.42. The van der Waals surface area contributed by atoms with Gasteiger partial charge < -0.3 is 19.8 Å². The van der Waals surface area contributed by atoms with Gasteiger partial charge in [0.15, 0.2) is 15.9 Å². The number of rotatable bonds is 13. The second-order valence-electron chi connectivity index (χ2n) is 12.1. The van der Waals surface area contributed by atoms with Crippen LogP contribution in [-0.2, 0) is 14.6 Å². The zero-order valence-electron chi connectivity index (χ0n) is 26.6. The van der Waals surface area contributed by atoms with E-state index in [9.17, 15) is 23.4 Å². The van der Waals surface area contributed by atoms with Crippen molar-refractivity contribution in [2.24, 2.45) is 5.41 Å². The van der Waals surface area contributed by atoms with E-state index in [1.54, 1.807) is 60.7 Å². The first-order chi connectivity index (χ1) is 22.6. The lowest BCUT2D eigenvalue weighted by Gasteiger charge is -2.36. The number of benzene rings is 4. The molecule has 5 rings (SSSR count).